The van der Waals surface area contributed by atoms with Gasteiger partial charge in [0.1, 0.15) is 0 Å². The quantitative estimate of drug-likeness (QED) is 0.193. The molecule has 0 radical (unpaired) electrons. The second-order valence-corrected chi connectivity index (χ2v) is 8.67. The van der Waals surface area contributed by atoms with Crippen LogP contribution in [-0.2, 0) is 14.4 Å². The maximum absolute atomic E-state index is 13.4. The number of nitrogens with zero attached hydrogens (tertiary/aromatic N) is 3. The Labute approximate surface area is 204 Å². The summed E-state index contributed by atoms with van der Waals surface area (Å²) in [6, 6.07) is 0. The van der Waals surface area contributed by atoms with Crippen molar-refractivity contribution in [1.29, 1.82) is 0 Å². The second kappa shape index (κ2) is 18.6. The lowest BCUT2D eigenvalue weighted by Gasteiger charge is -2.35. The van der Waals surface area contributed by atoms with Gasteiger partial charge in [0.2, 0.25) is 11.8 Å². The highest BCUT2D eigenvalue weighted by Gasteiger charge is 2.44. The third kappa shape index (κ3) is 11.6. The molecular formula is C24H47N3O7. The van der Waals surface area contributed by atoms with Crippen molar-refractivity contribution in [2.45, 2.75) is 77.7 Å². The molecule has 0 atom stereocenters. The van der Waals surface area contributed by atoms with Gasteiger partial charge in [-0.3, -0.25) is 14.4 Å². The van der Waals surface area contributed by atoms with E-state index in [4.69, 9.17) is 0 Å². The number of aliphatic hydroxyl groups excluding tert-OH is 3. The zero-order valence-corrected chi connectivity index (χ0v) is 21.4. The molecule has 200 valence electrons. The number of rotatable bonds is 20. The van der Waals surface area contributed by atoms with Crippen LogP contribution < -0.4 is 0 Å². The topological polar surface area (TPSA) is 142 Å². The molecule has 4 N–H and O–H groups in total. The Hall–Kier alpha value is -1.75. The maximum Gasteiger partial charge on any atom is 0.255 e. The SMILES string of the molecule is CCCCN(CCO)C(=O)CC(O)(CC(=O)N(CCO)CCCC)C(=O)N(CCO)CCCC. The van der Waals surface area contributed by atoms with Crippen LogP contribution >= 0.6 is 0 Å². The van der Waals surface area contributed by atoms with Gasteiger partial charge >= 0.3 is 0 Å². The van der Waals surface area contributed by atoms with E-state index in [-0.39, 0.29) is 46.0 Å². The summed E-state index contributed by atoms with van der Waals surface area (Å²) < 4.78 is 0. The van der Waals surface area contributed by atoms with Crippen LogP contribution in [0.2, 0.25) is 0 Å². The summed E-state index contributed by atoms with van der Waals surface area (Å²) in [5.41, 5.74) is -2.29. The number of carbonyl (C=O) groups is 3. The summed E-state index contributed by atoms with van der Waals surface area (Å²) in [7, 11) is 0. The Morgan fingerprint density at radius 2 is 0.912 bits per heavy atom. The van der Waals surface area contributed by atoms with Crippen LogP contribution in [-0.4, -0.2) is 118 Å². The van der Waals surface area contributed by atoms with Crippen molar-refractivity contribution >= 4 is 17.7 Å². The van der Waals surface area contributed by atoms with Crippen LogP contribution in [0.3, 0.4) is 0 Å². The number of carbonyl (C=O) groups excluding carboxylic acids is 3. The molecule has 0 aliphatic carbocycles. The van der Waals surface area contributed by atoms with Gasteiger partial charge in [-0.2, -0.15) is 0 Å². The molecule has 0 spiro atoms. The van der Waals surface area contributed by atoms with E-state index in [0.717, 1.165) is 19.3 Å². The minimum atomic E-state index is -2.29. The molecule has 0 saturated heterocycles. The summed E-state index contributed by atoms with van der Waals surface area (Å²) in [5.74, 6) is -1.81. The normalized spacial score (nSPS) is 11.4. The molecule has 0 heterocycles. The lowest BCUT2D eigenvalue weighted by molar-refractivity contribution is -0.163. The molecule has 0 unspecified atom stereocenters. The van der Waals surface area contributed by atoms with Crippen LogP contribution in [0.1, 0.15) is 72.1 Å². The molecule has 0 rings (SSSR count). The first-order valence-corrected chi connectivity index (χ1v) is 12.6. The molecule has 3 amide bonds. The molecular weight excluding hydrogens is 442 g/mol. The zero-order chi connectivity index (χ0) is 26.0. The van der Waals surface area contributed by atoms with Crippen molar-refractivity contribution in [2.75, 3.05) is 59.1 Å². The van der Waals surface area contributed by atoms with Gasteiger partial charge in [-0.15, -0.1) is 0 Å². The van der Waals surface area contributed by atoms with Gasteiger partial charge in [0.15, 0.2) is 5.60 Å². The van der Waals surface area contributed by atoms with Crippen molar-refractivity contribution in [3.63, 3.8) is 0 Å². The van der Waals surface area contributed by atoms with E-state index in [1.807, 2.05) is 20.8 Å². The van der Waals surface area contributed by atoms with E-state index in [1.165, 1.54) is 14.7 Å². The van der Waals surface area contributed by atoms with E-state index < -0.39 is 36.2 Å². The van der Waals surface area contributed by atoms with Crippen molar-refractivity contribution in [2.24, 2.45) is 0 Å². The van der Waals surface area contributed by atoms with Gasteiger partial charge in [-0.25, -0.2) is 0 Å². The molecule has 0 fully saturated rings. The Balaban J connectivity index is 5.96. The van der Waals surface area contributed by atoms with Gasteiger partial charge in [0.05, 0.1) is 32.7 Å². The van der Waals surface area contributed by atoms with Crippen LogP contribution in [0, 0.1) is 0 Å². The molecule has 0 aromatic rings. The standard InChI is InChI=1S/C24H47N3O7/c1-4-7-10-25(13-16-28)21(31)19-24(34,23(33)27(15-18-30)12-9-6-3)20-22(32)26(14-17-29)11-8-5-2/h28-30,34H,4-20H2,1-3H3. The van der Waals surface area contributed by atoms with Gasteiger partial charge in [-0.05, 0) is 19.3 Å². The highest BCUT2D eigenvalue weighted by Crippen LogP contribution is 2.23. The maximum atomic E-state index is 13.4. The molecule has 0 bridgehead atoms. The van der Waals surface area contributed by atoms with E-state index in [0.29, 0.717) is 32.4 Å². The zero-order valence-electron chi connectivity index (χ0n) is 21.4. The van der Waals surface area contributed by atoms with Crippen LogP contribution in [0.5, 0.6) is 0 Å². The summed E-state index contributed by atoms with van der Waals surface area (Å²) in [6.07, 6.45) is 3.28. The first kappa shape index (κ1) is 32.2. The van der Waals surface area contributed by atoms with E-state index in [2.05, 4.69) is 0 Å². The smallest absolute Gasteiger partial charge is 0.255 e. The number of hydrogen-bond donors (Lipinski definition) is 4. The predicted molar refractivity (Wildman–Crippen MR) is 130 cm³/mol. The molecule has 0 aliphatic heterocycles. The molecule has 0 aromatic heterocycles. The summed E-state index contributed by atoms with van der Waals surface area (Å²) >= 11 is 0. The molecule has 0 aromatic carbocycles. The van der Waals surface area contributed by atoms with Gasteiger partial charge < -0.3 is 35.1 Å². The van der Waals surface area contributed by atoms with Crippen molar-refractivity contribution < 1.29 is 34.8 Å². The molecule has 0 saturated carbocycles. The van der Waals surface area contributed by atoms with Crippen molar-refractivity contribution in [3.8, 4) is 0 Å². The fourth-order valence-electron chi connectivity index (χ4n) is 3.68. The molecule has 0 aliphatic rings. The minimum absolute atomic E-state index is 0.0180. The summed E-state index contributed by atoms with van der Waals surface area (Å²) in [5, 5.41) is 39.7. The van der Waals surface area contributed by atoms with Gasteiger partial charge in [0.25, 0.3) is 5.91 Å². The number of aliphatic hydroxyl groups is 4. The van der Waals surface area contributed by atoms with Crippen LogP contribution in [0.15, 0.2) is 0 Å². The predicted octanol–water partition coefficient (Wildman–Crippen LogP) is 0.361. The number of unbranched alkanes of at least 4 members (excludes halogenated alkanes) is 3. The number of hydrogen-bond acceptors (Lipinski definition) is 7. The fraction of sp³-hybridized carbons (Fsp3) is 0.875. The molecule has 10 heteroatoms. The average molecular weight is 490 g/mol. The first-order valence-electron chi connectivity index (χ1n) is 12.6. The van der Waals surface area contributed by atoms with E-state index in [1.54, 1.807) is 0 Å². The van der Waals surface area contributed by atoms with E-state index in [9.17, 15) is 34.8 Å². The summed E-state index contributed by atoms with van der Waals surface area (Å²) in [6.45, 7) is 6.21. The lowest BCUT2D eigenvalue weighted by Crippen LogP contribution is -2.55. The van der Waals surface area contributed by atoms with Gasteiger partial charge in [0, 0.05) is 39.3 Å². The minimum Gasteiger partial charge on any atom is -0.395 e. The van der Waals surface area contributed by atoms with Crippen LogP contribution in [0.25, 0.3) is 0 Å². The number of amides is 3. The fourth-order valence-corrected chi connectivity index (χ4v) is 3.68. The lowest BCUT2D eigenvalue weighted by atomic mass is 9.91. The van der Waals surface area contributed by atoms with E-state index >= 15 is 0 Å². The third-order valence-electron chi connectivity index (χ3n) is 5.73. The second-order valence-electron chi connectivity index (χ2n) is 8.67. The Kier molecular flexibility index (Phi) is 17.6. The highest BCUT2D eigenvalue weighted by molar-refractivity contribution is 5.95. The molecule has 34 heavy (non-hydrogen) atoms. The largest absolute Gasteiger partial charge is 0.395 e. The Morgan fingerprint density at radius 3 is 1.24 bits per heavy atom. The monoisotopic (exact) mass is 489 g/mol. The average Bonchev–Trinajstić information content (AvgIpc) is 2.81. The summed E-state index contributed by atoms with van der Waals surface area (Å²) in [4.78, 5) is 43.7. The van der Waals surface area contributed by atoms with Crippen LogP contribution in [0.4, 0.5) is 0 Å². The highest BCUT2D eigenvalue weighted by atomic mass is 16.3. The van der Waals surface area contributed by atoms with Crippen molar-refractivity contribution in [3.05, 3.63) is 0 Å². The van der Waals surface area contributed by atoms with Crippen molar-refractivity contribution in [1.82, 2.24) is 14.7 Å². The van der Waals surface area contributed by atoms with Gasteiger partial charge in [-0.1, -0.05) is 40.0 Å². The molecule has 10 nitrogen and oxygen atoms in total. The first-order chi connectivity index (χ1) is 16.2. The third-order valence-corrected chi connectivity index (χ3v) is 5.73. The Morgan fingerprint density at radius 1 is 0.588 bits per heavy atom. The Bertz CT molecular complexity index is 557.